The zero-order valence-electron chi connectivity index (χ0n) is 9.42. The van der Waals surface area contributed by atoms with Crippen molar-refractivity contribution in [2.24, 2.45) is 5.92 Å². The molecule has 1 saturated heterocycles. The maximum Gasteiger partial charge on any atom is 0.137 e. The molecule has 0 spiro atoms. The van der Waals surface area contributed by atoms with Gasteiger partial charge < -0.3 is 4.74 Å². The maximum atomic E-state index is 5.59. The molecule has 0 saturated carbocycles. The standard InChI is InChI=1S/C11H23NO/c1-5-9(4)8-12(7-3)11-10(6-2)13-11/h9-11H,5-8H2,1-4H3. The summed E-state index contributed by atoms with van der Waals surface area (Å²) >= 11 is 0. The molecule has 3 unspecified atom stereocenters. The van der Waals surface area contributed by atoms with Crippen LogP contribution in [0.15, 0.2) is 0 Å². The summed E-state index contributed by atoms with van der Waals surface area (Å²) in [5.41, 5.74) is 0. The van der Waals surface area contributed by atoms with Crippen LogP contribution in [-0.2, 0) is 4.74 Å². The lowest BCUT2D eigenvalue weighted by molar-refractivity contribution is 0.161. The smallest absolute Gasteiger partial charge is 0.137 e. The van der Waals surface area contributed by atoms with E-state index in [9.17, 15) is 0 Å². The van der Waals surface area contributed by atoms with Gasteiger partial charge in [0.25, 0.3) is 0 Å². The molecule has 1 aliphatic heterocycles. The number of likely N-dealkylation sites (N-methyl/N-ethyl adjacent to an activating group) is 1. The molecule has 0 aromatic heterocycles. The lowest BCUT2D eigenvalue weighted by Crippen LogP contribution is -2.32. The average molecular weight is 185 g/mol. The second-order valence-electron chi connectivity index (χ2n) is 4.07. The van der Waals surface area contributed by atoms with Crippen LogP contribution in [0.1, 0.15) is 40.5 Å². The van der Waals surface area contributed by atoms with E-state index in [1.165, 1.54) is 13.0 Å². The van der Waals surface area contributed by atoms with Gasteiger partial charge in [-0.2, -0.15) is 0 Å². The molecule has 3 atom stereocenters. The lowest BCUT2D eigenvalue weighted by atomic mass is 10.1. The fourth-order valence-corrected chi connectivity index (χ4v) is 1.70. The van der Waals surface area contributed by atoms with Crippen LogP contribution < -0.4 is 0 Å². The third-order valence-corrected chi connectivity index (χ3v) is 2.97. The molecule has 2 heteroatoms. The highest BCUT2D eigenvalue weighted by Crippen LogP contribution is 2.29. The quantitative estimate of drug-likeness (QED) is 0.591. The van der Waals surface area contributed by atoms with Gasteiger partial charge in [0, 0.05) is 6.54 Å². The third-order valence-electron chi connectivity index (χ3n) is 2.97. The predicted molar refractivity (Wildman–Crippen MR) is 55.7 cm³/mol. The topological polar surface area (TPSA) is 15.8 Å². The van der Waals surface area contributed by atoms with Crippen LogP contribution >= 0.6 is 0 Å². The highest BCUT2D eigenvalue weighted by molar-refractivity contribution is 4.84. The largest absolute Gasteiger partial charge is 0.353 e. The van der Waals surface area contributed by atoms with Crippen molar-refractivity contribution in [3.05, 3.63) is 0 Å². The van der Waals surface area contributed by atoms with Gasteiger partial charge in [0.1, 0.15) is 6.23 Å². The van der Waals surface area contributed by atoms with E-state index in [-0.39, 0.29) is 0 Å². The van der Waals surface area contributed by atoms with Crippen molar-refractivity contribution in [3.63, 3.8) is 0 Å². The second-order valence-corrected chi connectivity index (χ2v) is 4.07. The average Bonchev–Trinajstić information content (AvgIpc) is 2.92. The maximum absolute atomic E-state index is 5.59. The van der Waals surface area contributed by atoms with E-state index >= 15 is 0 Å². The first-order chi connectivity index (χ1) is 6.22. The first kappa shape index (κ1) is 11.0. The molecule has 78 valence electrons. The summed E-state index contributed by atoms with van der Waals surface area (Å²) in [7, 11) is 0. The van der Waals surface area contributed by atoms with Crippen molar-refractivity contribution in [1.82, 2.24) is 4.90 Å². The van der Waals surface area contributed by atoms with Crippen molar-refractivity contribution in [1.29, 1.82) is 0 Å². The summed E-state index contributed by atoms with van der Waals surface area (Å²) in [6.07, 6.45) is 3.37. The number of hydrogen-bond donors (Lipinski definition) is 0. The Bertz CT molecular complexity index is 149. The summed E-state index contributed by atoms with van der Waals surface area (Å²) in [5, 5.41) is 0. The van der Waals surface area contributed by atoms with Crippen LogP contribution in [0.2, 0.25) is 0 Å². The lowest BCUT2D eigenvalue weighted by Gasteiger charge is -2.21. The summed E-state index contributed by atoms with van der Waals surface area (Å²) < 4.78 is 5.59. The SMILES string of the molecule is CCC(C)CN(CC)C1OC1CC. The zero-order valence-corrected chi connectivity index (χ0v) is 9.42. The van der Waals surface area contributed by atoms with Crippen LogP contribution in [0.25, 0.3) is 0 Å². The van der Waals surface area contributed by atoms with E-state index in [4.69, 9.17) is 4.74 Å². The van der Waals surface area contributed by atoms with Gasteiger partial charge in [-0.3, -0.25) is 4.90 Å². The van der Waals surface area contributed by atoms with E-state index < -0.39 is 0 Å². The van der Waals surface area contributed by atoms with Gasteiger partial charge in [0.05, 0.1) is 6.10 Å². The van der Waals surface area contributed by atoms with Gasteiger partial charge >= 0.3 is 0 Å². The molecule has 0 amide bonds. The Hall–Kier alpha value is -0.0800. The Morgan fingerprint density at radius 3 is 2.38 bits per heavy atom. The second kappa shape index (κ2) is 4.97. The van der Waals surface area contributed by atoms with Crippen LogP contribution in [-0.4, -0.2) is 30.3 Å². The minimum Gasteiger partial charge on any atom is -0.353 e. The first-order valence-corrected chi connectivity index (χ1v) is 5.62. The van der Waals surface area contributed by atoms with E-state index in [1.54, 1.807) is 0 Å². The molecule has 1 fully saturated rings. The molecule has 0 N–H and O–H groups in total. The van der Waals surface area contributed by atoms with Gasteiger partial charge in [0.2, 0.25) is 0 Å². The van der Waals surface area contributed by atoms with Crippen LogP contribution in [0.3, 0.4) is 0 Å². The molecule has 1 rings (SSSR count). The fourth-order valence-electron chi connectivity index (χ4n) is 1.70. The number of rotatable bonds is 6. The minimum atomic E-state index is 0.434. The van der Waals surface area contributed by atoms with Crippen molar-refractivity contribution in [3.8, 4) is 0 Å². The molecule has 1 heterocycles. The van der Waals surface area contributed by atoms with Crippen molar-refractivity contribution < 1.29 is 4.74 Å². The van der Waals surface area contributed by atoms with Crippen molar-refractivity contribution >= 4 is 0 Å². The molecule has 0 bridgehead atoms. The molecule has 0 aromatic carbocycles. The normalized spacial score (nSPS) is 29.3. The molecule has 13 heavy (non-hydrogen) atoms. The Kier molecular flexibility index (Phi) is 4.20. The molecular weight excluding hydrogens is 162 g/mol. The molecule has 0 aromatic rings. The summed E-state index contributed by atoms with van der Waals surface area (Å²) in [4.78, 5) is 2.46. The number of nitrogens with zero attached hydrogens (tertiary/aromatic N) is 1. The first-order valence-electron chi connectivity index (χ1n) is 5.62. The van der Waals surface area contributed by atoms with E-state index in [0.717, 1.165) is 18.9 Å². The third kappa shape index (κ3) is 2.96. The summed E-state index contributed by atoms with van der Waals surface area (Å²) in [5.74, 6) is 0.793. The van der Waals surface area contributed by atoms with Gasteiger partial charge in [0.15, 0.2) is 0 Å². The molecule has 1 aliphatic rings. The molecule has 0 aliphatic carbocycles. The Morgan fingerprint density at radius 2 is 2.00 bits per heavy atom. The number of hydrogen-bond acceptors (Lipinski definition) is 2. The van der Waals surface area contributed by atoms with Crippen LogP contribution in [0, 0.1) is 5.92 Å². The number of ether oxygens (including phenoxy) is 1. The zero-order chi connectivity index (χ0) is 9.84. The van der Waals surface area contributed by atoms with Gasteiger partial charge in [-0.05, 0) is 18.9 Å². The monoisotopic (exact) mass is 185 g/mol. The van der Waals surface area contributed by atoms with Crippen molar-refractivity contribution in [2.45, 2.75) is 52.9 Å². The highest BCUT2D eigenvalue weighted by Gasteiger charge is 2.41. The van der Waals surface area contributed by atoms with Gasteiger partial charge in [-0.1, -0.05) is 34.1 Å². The van der Waals surface area contributed by atoms with Gasteiger partial charge in [-0.15, -0.1) is 0 Å². The van der Waals surface area contributed by atoms with E-state index in [0.29, 0.717) is 12.3 Å². The molecular formula is C11H23NO. The summed E-state index contributed by atoms with van der Waals surface area (Å²) in [6.45, 7) is 11.3. The molecule has 0 radical (unpaired) electrons. The Labute approximate surface area is 82.3 Å². The van der Waals surface area contributed by atoms with Crippen LogP contribution in [0.4, 0.5) is 0 Å². The molecule has 2 nitrogen and oxygen atoms in total. The van der Waals surface area contributed by atoms with E-state index in [2.05, 4.69) is 32.6 Å². The van der Waals surface area contributed by atoms with Crippen molar-refractivity contribution in [2.75, 3.05) is 13.1 Å². The highest BCUT2D eigenvalue weighted by atomic mass is 16.6. The van der Waals surface area contributed by atoms with E-state index in [1.807, 2.05) is 0 Å². The number of epoxide rings is 1. The van der Waals surface area contributed by atoms with Gasteiger partial charge in [-0.25, -0.2) is 0 Å². The predicted octanol–water partition coefficient (Wildman–Crippen LogP) is 2.49. The Morgan fingerprint density at radius 1 is 1.31 bits per heavy atom. The summed E-state index contributed by atoms with van der Waals surface area (Å²) in [6, 6.07) is 0. The Balaban J connectivity index is 2.28. The minimum absolute atomic E-state index is 0.434. The van der Waals surface area contributed by atoms with Crippen LogP contribution in [0.5, 0.6) is 0 Å². The fraction of sp³-hybridized carbons (Fsp3) is 1.00.